The van der Waals surface area contributed by atoms with E-state index in [1.54, 1.807) is 6.07 Å². The summed E-state index contributed by atoms with van der Waals surface area (Å²) >= 11 is 0. The van der Waals surface area contributed by atoms with Crippen molar-refractivity contribution in [2.24, 2.45) is 0 Å². The highest BCUT2D eigenvalue weighted by Gasteiger charge is 2.33. The third-order valence-corrected chi connectivity index (χ3v) is 4.29. The van der Waals surface area contributed by atoms with Gasteiger partial charge in [0.1, 0.15) is 11.4 Å². The highest BCUT2D eigenvalue weighted by molar-refractivity contribution is 5.98. The van der Waals surface area contributed by atoms with Crippen LogP contribution in [0.15, 0.2) is 60.7 Å². The van der Waals surface area contributed by atoms with Crippen LogP contribution in [-0.2, 0) is 6.18 Å². The van der Waals surface area contributed by atoms with E-state index < -0.39 is 11.9 Å². The maximum Gasteiger partial charge on any atom is 0.432 e. The number of nitrogens with one attached hydrogen (secondary N) is 1. The number of benzene rings is 2. The summed E-state index contributed by atoms with van der Waals surface area (Å²) in [5.74, 6) is 0. The SMILES string of the molecule is Cc1cccc2c(-c3ccccc3)nc(-c3cc(C(F)(F)F)[nH]n3)cc12. The summed E-state index contributed by atoms with van der Waals surface area (Å²) in [7, 11) is 0. The van der Waals surface area contributed by atoms with Crippen molar-refractivity contribution in [1.82, 2.24) is 15.2 Å². The number of aryl methyl sites for hydroxylation is 1. The Morgan fingerprint density at radius 1 is 0.846 bits per heavy atom. The summed E-state index contributed by atoms with van der Waals surface area (Å²) in [5, 5.41) is 7.76. The van der Waals surface area contributed by atoms with E-state index in [1.807, 2.05) is 55.5 Å². The summed E-state index contributed by atoms with van der Waals surface area (Å²) in [5.41, 5.74) is 2.32. The molecule has 2 aromatic heterocycles. The molecule has 4 aromatic rings. The Morgan fingerprint density at radius 3 is 2.31 bits per heavy atom. The highest BCUT2D eigenvalue weighted by Crippen LogP contribution is 2.34. The zero-order valence-electron chi connectivity index (χ0n) is 13.8. The third-order valence-electron chi connectivity index (χ3n) is 4.29. The number of hydrogen-bond donors (Lipinski definition) is 1. The van der Waals surface area contributed by atoms with Crippen molar-refractivity contribution < 1.29 is 13.2 Å². The molecule has 26 heavy (non-hydrogen) atoms. The summed E-state index contributed by atoms with van der Waals surface area (Å²) in [6.07, 6.45) is -4.47. The van der Waals surface area contributed by atoms with Crippen LogP contribution < -0.4 is 0 Å². The molecule has 2 heterocycles. The molecule has 0 aliphatic heterocycles. The maximum absolute atomic E-state index is 12.9. The van der Waals surface area contributed by atoms with E-state index >= 15 is 0 Å². The van der Waals surface area contributed by atoms with Crippen LogP contribution in [0.25, 0.3) is 33.4 Å². The Morgan fingerprint density at radius 2 is 1.62 bits per heavy atom. The van der Waals surface area contributed by atoms with Gasteiger partial charge in [0.2, 0.25) is 0 Å². The van der Waals surface area contributed by atoms with E-state index in [2.05, 4.69) is 15.2 Å². The fraction of sp³-hybridized carbons (Fsp3) is 0.100. The average molecular weight is 353 g/mol. The van der Waals surface area contributed by atoms with Crippen LogP contribution in [0.5, 0.6) is 0 Å². The number of hydrogen-bond acceptors (Lipinski definition) is 2. The Bertz CT molecular complexity index is 1080. The van der Waals surface area contributed by atoms with Crippen molar-refractivity contribution in [2.45, 2.75) is 13.1 Å². The van der Waals surface area contributed by atoms with Gasteiger partial charge in [0.05, 0.1) is 11.4 Å². The van der Waals surface area contributed by atoms with Gasteiger partial charge >= 0.3 is 6.18 Å². The molecule has 3 nitrogen and oxygen atoms in total. The average Bonchev–Trinajstić information content (AvgIpc) is 3.13. The van der Waals surface area contributed by atoms with E-state index in [4.69, 9.17) is 0 Å². The molecule has 0 amide bonds. The molecule has 2 aromatic carbocycles. The normalized spacial score (nSPS) is 11.8. The molecule has 0 radical (unpaired) electrons. The minimum Gasteiger partial charge on any atom is -0.273 e. The molecule has 0 bridgehead atoms. The number of alkyl halides is 3. The van der Waals surface area contributed by atoms with Gasteiger partial charge in [-0.3, -0.25) is 5.10 Å². The minimum atomic E-state index is -4.47. The first-order valence-corrected chi connectivity index (χ1v) is 8.02. The first-order chi connectivity index (χ1) is 12.4. The van der Waals surface area contributed by atoms with E-state index in [0.29, 0.717) is 5.69 Å². The third kappa shape index (κ3) is 2.83. The lowest BCUT2D eigenvalue weighted by Crippen LogP contribution is -2.04. The fourth-order valence-corrected chi connectivity index (χ4v) is 2.97. The van der Waals surface area contributed by atoms with Crippen molar-refractivity contribution in [1.29, 1.82) is 0 Å². The predicted octanol–water partition coefficient (Wildman–Crippen LogP) is 5.62. The fourth-order valence-electron chi connectivity index (χ4n) is 2.97. The van der Waals surface area contributed by atoms with Crippen LogP contribution in [0.4, 0.5) is 13.2 Å². The van der Waals surface area contributed by atoms with Crippen molar-refractivity contribution in [3.8, 4) is 22.6 Å². The number of aromatic amines is 1. The lowest BCUT2D eigenvalue weighted by molar-refractivity contribution is -0.141. The van der Waals surface area contributed by atoms with Crippen LogP contribution in [0.1, 0.15) is 11.3 Å². The van der Waals surface area contributed by atoms with Crippen LogP contribution in [0.2, 0.25) is 0 Å². The first-order valence-electron chi connectivity index (χ1n) is 8.02. The van der Waals surface area contributed by atoms with Crippen molar-refractivity contribution in [3.05, 3.63) is 71.9 Å². The first kappa shape index (κ1) is 16.3. The number of H-pyrrole nitrogens is 1. The number of nitrogens with zero attached hydrogens (tertiary/aromatic N) is 2. The van der Waals surface area contributed by atoms with Gasteiger partial charge in [-0.05, 0) is 30.0 Å². The molecule has 0 saturated carbocycles. The summed E-state index contributed by atoms with van der Waals surface area (Å²) in [6.45, 7) is 1.96. The van der Waals surface area contributed by atoms with Crippen molar-refractivity contribution in [2.75, 3.05) is 0 Å². The van der Waals surface area contributed by atoms with E-state index in [-0.39, 0.29) is 5.69 Å². The van der Waals surface area contributed by atoms with E-state index in [9.17, 15) is 13.2 Å². The molecule has 1 N–H and O–H groups in total. The van der Waals surface area contributed by atoms with Gasteiger partial charge in [-0.1, -0.05) is 48.5 Å². The molecular weight excluding hydrogens is 339 g/mol. The molecule has 6 heteroatoms. The quantitative estimate of drug-likeness (QED) is 0.508. The van der Waals surface area contributed by atoms with E-state index in [1.165, 1.54) is 0 Å². The summed E-state index contributed by atoms with van der Waals surface area (Å²) < 4.78 is 38.7. The van der Waals surface area contributed by atoms with E-state index in [0.717, 1.165) is 33.7 Å². The van der Waals surface area contributed by atoms with Crippen LogP contribution in [-0.4, -0.2) is 15.2 Å². The predicted molar refractivity (Wildman–Crippen MR) is 94.5 cm³/mol. The van der Waals surface area contributed by atoms with Gasteiger partial charge in [-0.2, -0.15) is 18.3 Å². The monoisotopic (exact) mass is 353 g/mol. The molecular formula is C20H14F3N3. The van der Waals surface area contributed by atoms with Gasteiger partial charge in [-0.15, -0.1) is 0 Å². The van der Waals surface area contributed by atoms with Gasteiger partial charge in [-0.25, -0.2) is 4.98 Å². The summed E-state index contributed by atoms with van der Waals surface area (Å²) in [4.78, 5) is 4.63. The number of rotatable bonds is 2. The number of aromatic nitrogens is 3. The van der Waals surface area contributed by atoms with Crippen LogP contribution >= 0.6 is 0 Å². The van der Waals surface area contributed by atoms with Crippen molar-refractivity contribution >= 4 is 10.8 Å². The second-order valence-corrected chi connectivity index (χ2v) is 6.06. The second kappa shape index (κ2) is 5.98. The largest absolute Gasteiger partial charge is 0.432 e. The Balaban J connectivity index is 1.97. The molecule has 0 spiro atoms. The molecule has 0 atom stereocenters. The number of pyridine rings is 1. The van der Waals surface area contributed by atoms with Gasteiger partial charge in [0, 0.05) is 10.9 Å². The molecule has 0 aliphatic carbocycles. The molecule has 0 unspecified atom stereocenters. The number of halogens is 3. The topological polar surface area (TPSA) is 41.6 Å². The smallest absolute Gasteiger partial charge is 0.273 e. The Labute approximate surface area is 147 Å². The zero-order valence-corrected chi connectivity index (χ0v) is 13.8. The Hall–Kier alpha value is -3.15. The van der Waals surface area contributed by atoms with Gasteiger partial charge in [0.15, 0.2) is 0 Å². The van der Waals surface area contributed by atoms with Gasteiger partial charge < -0.3 is 0 Å². The van der Waals surface area contributed by atoms with Crippen molar-refractivity contribution in [3.63, 3.8) is 0 Å². The maximum atomic E-state index is 12.9. The molecule has 0 fully saturated rings. The van der Waals surface area contributed by atoms with Crippen LogP contribution in [0, 0.1) is 6.92 Å². The number of fused-ring (bicyclic) bond motifs is 1. The molecule has 4 rings (SSSR count). The lowest BCUT2D eigenvalue weighted by Gasteiger charge is -2.10. The summed E-state index contributed by atoms with van der Waals surface area (Å²) in [6, 6.07) is 18.2. The Kier molecular flexibility index (Phi) is 3.76. The molecule has 0 saturated heterocycles. The second-order valence-electron chi connectivity index (χ2n) is 6.06. The zero-order chi connectivity index (χ0) is 18.3. The molecule has 0 aliphatic rings. The standard InChI is InChI=1S/C20H14F3N3/c1-12-6-5-9-14-15(12)10-16(17-11-18(26-25-17)20(21,22)23)24-19(14)13-7-3-2-4-8-13/h2-11H,1H3,(H,25,26). The lowest BCUT2D eigenvalue weighted by atomic mass is 9.99. The van der Waals surface area contributed by atoms with Gasteiger partial charge in [0.25, 0.3) is 0 Å². The van der Waals surface area contributed by atoms with Crippen LogP contribution in [0.3, 0.4) is 0 Å². The molecule has 130 valence electrons. The minimum absolute atomic E-state index is 0.166. The highest BCUT2D eigenvalue weighted by atomic mass is 19.4.